The van der Waals surface area contributed by atoms with E-state index in [4.69, 9.17) is 5.26 Å². The first kappa shape index (κ1) is 9.83. The van der Waals surface area contributed by atoms with Gasteiger partial charge >= 0.3 is 0 Å². The van der Waals surface area contributed by atoms with E-state index in [-0.39, 0.29) is 12.4 Å². The number of rotatable bonds is 0. The number of nitriles is 1. The molecule has 0 aliphatic carbocycles. The Bertz CT molecular complexity index is 175. The second-order valence-corrected chi connectivity index (χ2v) is 3.79. The highest BCUT2D eigenvalue weighted by atomic mass is 35.5. The van der Waals surface area contributed by atoms with Gasteiger partial charge in [0.1, 0.15) is 0 Å². The molecule has 0 aromatic rings. The highest BCUT2D eigenvalue weighted by Crippen LogP contribution is 2.28. The van der Waals surface area contributed by atoms with Crippen molar-refractivity contribution < 1.29 is 0 Å². The average molecular weight is 187 g/mol. The van der Waals surface area contributed by atoms with E-state index >= 15 is 0 Å². The molecular weight excluding hydrogens is 172 g/mol. The van der Waals surface area contributed by atoms with Gasteiger partial charge < -0.3 is 5.32 Å². The molecule has 2 bridgehead atoms. The van der Waals surface area contributed by atoms with Gasteiger partial charge in [0, 0.05) is 18.0 Å². The molecule has 0 aromatic heterocycles. The van der Waals surface area contributed by atoms with Crippen LogP contribution in [0.1, 0.15) is 32.1 Å². The van der Waals surface area contributed by atoms with E-state index in [2.05, 4.69) is 11.4 Å². The van der Waals surface area contributed by atoms with E-state index in [1.54, 1.807) is 0 Å². The summed E-state index contributed by atoms with van der Waals surface area (Å²) in [7, 11) is 0. The van der Waals surface area contributed by atoms with Crippen LogP contribution in [0.2, 0.25) is 0 Å². The summed E-state index contributed by atoms with van der Waals surface area (Å²) in [5.74, 6) is 0.339. The molecular formula is C9H15ClN2. The minimum absolute atomic E-state index is 0. The molecule has 1 unspecified atom stereocenters. The van der Waals surface area contributed by atoms with Gasteiger partial charge in [0.2, 0.25) is 0 Å². The fourth-order valence-electron chi connectivity index (χ4n) is 2.37. The van der Waals surface area contributed by atoms with E-state index in [0.29, 0.717) is 18.0 Å². The van der Waals surface area contributed by atoms with Gasteiger partial charge in [-0.1, -0.05) is 6.42 Å². The molecule has 2 heterocycles. The maximum Gasteiger partial charge on any atom is 0.0657 e. The maximum atomic E-state index is 8.77. The molecule has 1 N–H and O–H groups in total. The van der Waals surface area contributed by atoms with Gasteiger partial charge in [-0.2, -0.15) is 5.26 Å². The molecule has 0 saturated carbocycles. The zero-order valence-electron chi connectivity index (χ0n) is 7.12. The van der Waals surface area contributed by atoms with Gasteiger partial charge in [0.15, 0.2) is 0 Å². The minimum atomic E-state index is 0. The number of piperidine rings is 2. The van der Waals surface area contributed by atoms with Crippen LogP contribution in [0.25, 0.3) is 0 Å². The van der Waals surface area contributed by atoms with Crippen molar-refractivity contribution in [1.29, 1.82) is 5.26 Å². The largest absolute Gasteiger partial charge is 0.311 e. The summed E-state index contributed by atoms with van der Waals surface area (Å²) in [6, 6.07) is 3.71. The molecule has 2 aliphatic rings. The molecule has 0 spiro atoms. The van der Waals surface area contributed by atoms with Gasteiger partial charge in [-0.3, -0.25) is 0 Å². The van der Waals surface area contributed by atoms with Crippen molar-refractivity contribution in [3.63, 3.8) is 0 Å². The summed E-state index contributed by atoms with van der Waals surface area (Å²) in [6.45, 7) is 0. The van der Waals surface area contributed by atoms with E-state index in [1.165, 1.54) is 19.3 Å². The van der Waals surface area contributed by atoms with Crippen molar-refractivity contribution in [2.24, 2.45) is 5.92 Å². The molecule has 2 rings (SSSR count). The van der Waals surface area contributed by atoms with Gasteiger partial charge in [-0.25, -0.2) is 0 Å². The van der Waals surface area contributed by atoms with Gasteiger partial charge in [-0.15, -0.1) is 12.4 Å². The number of hydrogen-bond donors (Lipinski definition) is 1. The first-order valence-corrected chi connectivity index (χ1v) is 4.54. The minimum Gasteiger partial charge on any atom is -0.311 e. The van der Waals surface area contributed by atoms with E-state index in [1.807, 2.05) is 0 Å². The average Bonchev–Trinajstić information content (AvgIpc) is 2.03. The normalized spacial score (nSPS) is 39.4. The lowest BCUT2D eigenvalue weighted by Crippen LogP contribution is -2.48. The highest BCUT2D eigenvalue weighted by Gasteiger charge is 2.30. The molecule has 2 nitrogen and oxygen atoms in total. The molecule has 3 atom stereocenters. The number of hydrogen-bond acceptors (Lipinski definition) is 2. The van der Waals surface area contributed by atoms with Crippen LogP contribution in [0.4, 0.5) is 0 Å². The Balaban J connectivity index is 0.000000720. The first-order chi connectivity index (χ1) is 5.38. The molecule has 12 heavy (non-hydrogen) atoms. The van der Waals surface area contributed by atoms with Crippen LogP contribution in [-0.2, 0) is 0 Å². The second-order valence-electron chi connectivity index (χ2n) is 3.79. The summed E-state index contributed by atoms with van der Waals surface area (Å²) in [4.78, 5) is 0. The van der Waals surface area contributed by atoms with Crippen molar-refractivity contribution >= 4 is 12.4 Å². The molecule has 2 saturated heterocycles. The monoisotopic (exact) mass is 186 g/mol. The van der Waals surface area contributed by atoms with Crippen molar-refractivity contribution in [2.45, 2.75) is 44.2 Å². The molecule has 2 fully saturated rings. The Morgan fingerprint density at radius 2 is 1.75 bits per heavy atom. The van der Waals surface area contributed by atoms with Gasteiger partial charge in [-0.05, 0) is 25.7 Å². The first-order valence-electron chi connectivity index (χ1n) is 4.54. The number of fused-ring (bicyclic) bond motifs is 2. The second kappa shape index (κ2) is 4.11. The molecule has 0 aromatic carbocycles. The third kappa shape index (κ3) is 1.91. The van der Waals surface area contributed by atoms with E-state index in [9.17, 15) is 0 Å². The van der Waals surface area contributed by atoms with Gasteiger partial charge in [0.05, 0.1) is 6.07 Å². The Labute approximate surface area is 79.7 Å². The molecule has 0 amide bonds. The van der Waals surface area contributed by atoms with Crippen LogP contribution in [0.5, 0.6) is 0 Å². The molecule has 0 radical (unpaired) electrons. The fourth-order valence-corrected chi connectivity index (χ4v) is 2.37. The number of nitrogens with one attached hydrogen (secondary N) is 1. The van der Waals surface area contributed by atoms with Crippen LogP contribution in [-0.4, -0.2) is 12.1 Å². The van der Waals surface area contributed by atoms with Crippen molar-refractivity contribution in [3.05, 3.63) is 0 Å². The summed E-state index contributed by atoms with van der Waals surface area (Å²) >= 11 is 0. The van der Waals surface area contributed by atoms with Crippen LogP contribution in [0, 0.1) is 17.2 Å². The topological polar surface area (TPSA) is 35.8 Å². The smallest absolute Gasteiger partial charge is 0.0657 e. The van der Waals surface area contributed by atoms with Crippen LogP contribution in [0.15, 0.2) is 0 Å². The Hall–Kier alpha value is -0.260. The van der Waals surface area contributed by atoms with Crippen molar-refractivity contribution in [2.75, 3.05) is 0 Å². The lowest BCUT2D eigenvalue weighted by atomic mass is 9.81. The molecule has 68 valence electrons. The van der Waals surface area contributed by atoms with E-state index < -0.39 is 0 Å². The zero-order valence-corrected chi connectivity index (χ0v) is 7.94. The Morgan fingerprint density at radius 1 is 1.17 bits per heavy atom. The van der Waals surface area contributed by atoms with E-state index in [0.717, 1.165) is 12.8 Å². The Morgan fingerprint density at radius 3 is 2.25 bits per heavy atom. The highest BCUT2D eigenvalue weighted by molar-refractivity contribution is 5.85. The summed E-state index contributed by atoms with van der Waals surface area (Å²) in [5, 5.41) is 12.3. The SMILES string of the molecule is Cl.N#CC1C[C@H]2CCC[C@@H](C1)N2. The lowest BCUT2D eigenvalue weighted by molar-refractivity contribution is 0.213. The number of halogens is 1. The van der Waals surface area contributed by atoms with Gasteiger partial charge in [0.25, 0.3) is 0 Å². The summed E-state index contributed by atoms with van der Waals surface area (Å²) in [6.07, 6.45) is 6.11. The predicted molar refractivity (Wildman–Crippen MR) is 50.1 cm³/mol. The third-order valence-corrected chi connectivity index (χ3v) is 2.90. The Kier molecular flexibility index (Phi) is 3.37. The maximum absolute atomic E-state index is 8.77. The predicted octanol–water partition coefficient (Wildman–Crippen LogP) is 1.85. The lowest BCUT2D eigenvalue weighted by Gasteiger charge is -2.38. The molecule has 2 aliphatic heterocycles. The summed E-state index contributed by atoms with van der Waals surface area (Å²) < 4.78 is 0. The van der Waals surface area contributed by atoms with Crippen molar-refractivity contribution in [1.82, 2.24) is 5.32 Å². The molecule has 3 heteroatoms. The fraction of sp³-hybridized carbons (Fsp3) is 0.889. The standard InChI is InChI=1S/C9H14N2.ClH/c10-6-7-4-8-2-1-3-9(5-7)11-8;/h7-9,11H,1-5H2;1H/t7?,8-,9+;. The van der Waals surface area contributed by atoms with Crippen molar-refractivity contribution in [3.8, 4) is 6.07 Å². The van der Waals surface area contributed by atoms with Crippen LogP contribution in [0.3, 0.4) is 0 Å². The zero-order chi connectivity index (χ0) is 7.68. The third-order valence-electron chi connectivity index (χ3n) is 2.90. The number of nitrogens with zero attached hydrogens (tertiary/aromatic N) is 1. The van der Waals surface area contributed by atoms with Crippen LogP contribution >= 0.6 is 12.4 Å². The summed E-state index contributed by atoms with van der Waals surface area (Å²) in [5.41, 5.74) is 0. The van der Waals surface area contributed by atoms with Crippen LogP contribution < -0.4 is 5.32 Å². The quantitative estimate of drug-likeness (QED) is 0.627.